The van der Waals surface area contributed by atoms with Crippen molar-refractivity contribution in [3.63, 3.8) is 0 Å². The number of anilines is 1. The van der Waals surface area contributed by atoms with Gasteiger partial charge in [-0.05, 0) is 54.8 Å². The molecular formula is C13H19N7. The Bertz CT molecular complexity index is 596. The van der Waals surface area contributed by atoms with Crippen LogP contribution in [0, 0.1) is 5.41 Å². The largest absolute Gasteiger partial charge is 0.355 e. The quantitative estimate of drug-likeness (QED) is 0.815. The van der Waals surface area contributed by atoms with Crippen molar-refractivity contribution < 1.29 is 0 Å². The molecule has 4 heterocycles. The van der Waals surface area contributed by atoms with Crippen LogP contribution in [-0.4, -0.2) is 51.4 Å². The summed E-state index contributed by atoms with van der Waals surface area (Å²) in [6, 6.07) is 3.96. The van der Waals surface area contributed by atoms with Gasteiger partial charge in [0.25, 0.3) is 0 Å². The molecule has 2 fully saturated rings. The van der Waals surface area contributed by atoms with Gasteiger partial charge in [-0.2, -0.15) is 0 Å². The summed E-state index contributed by atoms with van der Waals surface area (Å²) >= 11 is 0. The molecular weight excluding hydrogens is 254 g/mol. The molecule has 1 unspecified atom stereocenters. The average molecular weight is 273 g/mol. The normalized spacial score (nSPS) is 27.3. The molecule has 0 amide bonds. The van der Waals surface area contributed by atoms with E-state index in [1.54, 1.807) is 0 Å². The van der Waals surface area contributed by atoms with Gasteiger partial charge >= 0.3 is 0 Å². The Hall–Kier alpha value is -1.76. The van der Waals surface area contributed by atoms with Crippen molar-refractivity contribution in [2.75, 3.05) is 31.1 Å². The van der Waals surface area contributed by atoms with E-state index in [1.807, 2.05) is 12.1 Å². The van der Waals surface area contributed by atoms with Crippen LogP contribution in [0.4, 0.5) is 5.82 Å². The number of fused-ring (bicyclic) bond motifs is 1. The van der Waals surface area contributed by atoms with Crippen molar-refractivity contribution >= 4 is 11.5 Å². The zero-order chi connectivity index (χ0) is 13.4. The van der Waals surface area contributed by atoms with Crippen LogP contribution in [0.5, 0.6) is 0 Å². The van der Waals surface area contributed by atoms with Crippen LogP contribution in [0.2, 0.25) is 0 Å². The van der Waals surface area contributed by atoms with Gasteiger partial charge in [-0.25, -0.2) is 0 Å². The van der Waals surface area contributed by atoms with Crippen LogP contribution >= 0.6 is 0 Å². The number of aromatic nitrogens is 5. The van der Waals surface area contributed by atoms with E-state index in [0.717, 1.165) is 32.0 Å². The second kappa shape index (κ2) is 4.66. The third-order valence-electron chi connectivity index (χ3n) is 4.60. The Labute approximate surface area is 117 Å². The zero-order valence-electron chi connectivity index (χ0n) is 11.5. The molecule has 2 aromatic rings. The molecule has 106 valence electrons. The molecule has 0 bridgehead atoms. The Balaban J connectivity index is 1.60. The Morgan fingerprint density at radius 1 is 1.20 bits per heavy atom. The molecule has 2 aromatic heterocycles. The van der Waals surface area contributed by atoms with E-state index < -0.39 is 0 Å². The fourth-order valence-electron chi connectivity index (χ4n) is 3.59. The molecule has 1 N–H and O–H groups in total. The monoisotopic (exact) mass is 273 g/mol. The second-order valence-electron chi connectivity index (χ2n) is 6.02. The Morgan fingerprint density at radius 2 is 2.15 bits per heavy atom. The van der Waals surface area contributed by atoms with Gasteiger partial charge < -0.3 is 10.2 Å². The summed E-state index contributed by atoms with van der Waals surface area (Å²) in [6.45, 7) is 4.45. The van der Waals surface area contributed by atoms with E-state index in [0.29, 0.717) is 11.1 Å². The minimum atomic E-state index is 0.424. The number of nitrogens with one attached hydrogen (secondary N) is 1. The fraction of sp³-hybridized carbons (Fsp3) is 0.692. The minimum Gasteiger partial charge on any atom is -0.355 e. The van der Waals surface area contributed by atoms with Crippen LogP contribution in [0.25, 0.3) is 5.65 Å². The molecule has 0 aliphatic carbocycles. The maximum atomic E-state index is 4.52. The fourth-order valence-corrected chi connectivity index (χ4v) is 3.59. The summed E-state index contributed by atoms with van der Waals surface area (Å²) < 4.78 is 1.51. The summed E-state index contributed by atoms with van der Waals surface area (Å²) in [4.78, 5) is 2.39. The predicted molar refractivity (Wildman–Crippen MR) is 74.6 cm³/mol. The third kappa shape index (κ3) is 2.02. The lowest BCUT2D eigenvalue weighted by Crippen LogP contribution is -2.51. The van der Waals surface area contributed by atoms with Crippen molar-refractivity contribution in [3.8, 4) is 0 Å². The number of hydrogen-bond acceptors (Lipinski definition) is 6. The summed E-state index contributed by atoms with van der Waals surface area (Å²) in [5.74, 6) is 0.981. The van der Waals surface area contributed by atoms with Gasteiger partial charge in [0.05, 0.1) is 0 Å². The first-order valence-corrected chi connectivity index (χ1v) is 7.36. The van der Waals surface area contributed by atoms with Crippen molar-refractivity contribution in [1.29, 1.82) is 0 Å². The molecule has 7 nitrogen and oxygen atoms in total. The van der Waals surface area contributed by atoms with Gasteiger partial charge in [-0.3, -0.25) is 0 Å². The standard InChI is InChI=1S/C13H19N7/c1-5-13(9-14-7-1)6-2-8-19(10-13)12-4-3-11-15-17-18-20(11)16-12/h3-4,14H,1-2,5-10H2. The lowest BCUT2D eigenvalue weighted by molar-refractivity contribution is 0.172. The van der Waals surface area contributed by atoms with Crippen LogP contribution in [0.15, 0.2) is 12.1 Å². The maximum absolute atomic E-state index is 4.52. The van der Waals surface area contributed by atoms with E-state index in [9.17, 15) is 0 Å². The lowest BCUT2D eigenvalue weighted by Gasteiger charge is -2.45. The van der Waals surface area contributed by atoms with Crippen molar-refractivity contribution in [1.82, 2.24) is 30.6 Å². The van der Waals surface area contributed by atoms with Gasteiger partial charge in [0.2, 0.25) is 0 Å². The predicted octanol–water partition coefficient (Wildman–Crippen LogP) is 0.489. The van der Waals surface area contributed by atoms with Crippen LogP contribution < -0.4 is 10.2 Å². The zero-order valence-corrected chi connectivity index (χ0v) is 11.5. The van der Waals surface area contributed by atoms with E-state index in [4.69, 9.17) is 0 Å². The number of hydrogen-bond donors (Lipinski definition) is 1. The molecule has 7 heteroatoms. The molecule has 0 radical (unpaired) electrons. The molecule has 20 heavy (non-hydrogen) atoms. The Morgan fingerprint density at radius 3 is 3.05 bits per heavy atom. The molecule has 1 spiro atoms. The van der Waals surface area contributed by atoms with Crippen molar-refractivity contribution in [2.24, 2.45) is 5.41 Å². The van der Waals surface area contributed by atoms with Crippen LogP contribution in [-0.2, 0) is 0 Å². The first-order chi connectivity index (χ1) is 9.85. The molecule has 0 aromatic carbocycles. The maximum Gasteiger partial charge on any atom is 0.200 e. The SMILES string of the molecule is c1cc2nnnn2nc1N1CCCC2(CCCNC2)C1. The number of piperidine rings is 2. The van der Waals surface area contributed by atoms with E-state index in [2.05, 4.69) is 30.8 Å². The average Bonchev–Trinajstić information content (AvgIpc) is 2.95. The Kier molecular flexibility index (Phi) is 2.80. The van der Waals surface area contributed by atoms with E-state index in [-0.39, 0.29) is 0 Å². The van der Waals surface area contributed by atoms with Gasteiger partial charge in [0.15, 0.2) is 11.5 Å². The second-order valence-corrected chi connectivity index (χ2v) is 6.02. The third-order valence-corrected chi connectivity index (χ3v) is 4.60. The van der Waals surface area contributed by atoms with Gasteiger partial charge in [0, 0.05) is 25.0 Å². The molecule has 2 saturated heterocycles. The lowest BCUT2D eigenvalue weighted by atomic mass is 9.74. The van der Waals surface area contributed by atoms with Crippen LogP contribution in [0.1, 0.15) is 25.7 Å². The van der Waals surface area contributed by atoms with E-state index >= 15 is 0 Å². The van der Waals surface area contributed by atoms with Crippen molar-refractivity contribution in [2.45, 2.75) is 25.7 Å². The smallest absolute Gasteiger partial charge is 0.200 e. The highest BCUT2D eigenvalue weighted by Gasteiger charge is 2.37. The molecule has 1 atom stereocenters. The van der Waals surface area contributed by atoms with Crippen molar-refractivity contribution in [3.05, 3.63) is 12.1 Å². The van der Waals surface area contributed by atoms with Gasteiger partial charge in [0.1, 0.15) is 0 Å². The molecule has 0 saturated carbocycles. The van der Waals surface area contributed by atoms with Gasteiger partial charge in [-0.15, -0.1) is 14.8 Å². The highest BCUT2D eigenvalue weighted by Crippen LogP contribution is 2.37. The van der Waals surface area contributed by atoms with Crippen LogP contribution in [0.3, 0.4) is 0 Å². The highest BCUT2D eigenvalue weighted by molar-refractivity contribution is 5.44. The molecule has 2 aliphatic heterocycles. The first-order valence-electron chi connectivity index (χ1n) is 7.36. The minimum absolute atomic E-state index is 0.424. The summed E-state index contributed by atoms with van der Waals surface area (Å²) in [5.41, 5.74) is 1.12. The first kappa shape index (κ1) is 12.0. The summed E-state index contributed by atoms with van der Waals surface area (Å²) in [7, 11) is 0. The van der Waals surface area contributed by atoms with E-state index in [1.165, 1.54) is 30.3 Å². The topological polar surface area (TPSA) is 71.2 Å². The summed E-state index contributed by atoms with van der Waals surface area (Å²) in [5, 5.41) is 19.5. The highest BCUT2D eigenvalue weighted by atomic mass is 15.6. The molecule has 2 aliphatic rings. The number of rotatable bonds is 1. The number of tetrazole rings is 1. The number of nitrogens with zero attached hydrogens (tertiary/aromatic N) is 6. The molecule has 4 rings (SSSR count). The van der Waals surface area contributed by atoms with Gasteiger partial charge in [-0.1, -0.05) is 0 Å². The summed E-state index contributed by atoms with van der Waals surface area (Å²) in [6.07, 6.45) is 5.16.